The second kappa shape index (κ2) is 8.87. The van der Waals surface area contributed by atoms with E-state index in [9.17, 15) is 5.11 Å². The maximum absolute atomic E-state index is 9.83. The van der Waals surface area contributed by atoms with Crippen LogP contribution in [0.1, 0.15) is 26.7 Å². The third-order valence-electron chi connectivity index (χ3n) is 3.44. The molecule has 1 fully saturated rings. The molecule has 1 heterocycles. The summed E-state index contributed by atoms with van der Waals surface area (Å²) in [4.78, 5) is 4.54. The maximum atomic E-state index is 9.83. The number of likely N-dealkylation sites (tertiary alicyclic amines) is 1. The Balaban J connectivity index is 2.39. The molecule has 0 aromatic heterocycles. The molecule has 5 nitrogen and oxygen atoms in total. The molecule has 5 heteroatoms. The van der Waals surface area contributed by atoms with Gasteiger partial charge in [-0.25, -0.2) is 0 Å². The lowest BCUT2D eigenvalue weighted by Crippen LogP contribution is -2.39. The van der Waals surface area contributed by atoms with E-state index in [1.165, 1.54) is 0 Å². The van der Waals surface area contributed by atoms with E-state index in [4.69, 9.17) is 9.47 Å². The molecule has 0 aromatic carbocycles. The first-order valence-electron chi connectivity index (χ1n) is 7.36. The van der Waals surface area contributed by atoms with Crippen molar-refractivity contribution < 1.29 is 14.6 Å². The zero-order valence-corrected chi connectivity index (χ0v) is 12.8. The van der Waals surface area contributed by atoms with Gasteiger partial charge in [-0.05, 0) is 34.4 Å². The maximum Gasteiger partial charge on any atom is 0.158 e. The van der Waals surface area contributed by atoms with Crippen LogP contribution in [0.5, 0.6) is 0 Å². The van der Waals surface area contributed by atoms with Crippen molar-refractivity contribution in [3.63, 3.8) is 0 Å². The van der Waals surface area contributed by atoms with Crippen LogP contribution >= 0.6 is 0 Å². The zero-order valence-electron chi connectivity index (χ0n) is 12.8. The highest BCUT2D eigenvalue weighted by Gasteiger charge is 2.31. The van der Waals surface area contributed by atoms with Crippen LogP contribution in [0.25, 0.3) is 0 Å². The van der Waals surface area contributed by atoms with Gasteiger partial charge in [-0.3, -0.25) is 4.90 Å². The number of hydrogen-bond donors (Lipinski definition) is 1. The lowest BCUT2D eigenvalue weighted by molar-refractivity contribution is -0.142. The van der Waals surface area contributed by atoms with Crippen LogP contribution in [-0.2, 0) is 9.47 Å². The molecule has 114 valence electrons. The van der Waals surface area contributed by atoms with Gasteiger partial charge in [0.25, 0.3) is 0 Å². The Morgan fingerprint density at radius 3 is 2.42 bits per heavy atom. The van der Waals surface area contributed by atoms with Gasteiger partial charge >= 0.3 is 0 Å². The minimum atomic E-state index is -0.192. The number of hydrogen-bond acceptors (Lipinski definition) is 5. The summed E-state index contributed by atoms with van der Waals surface area (Å²) in [6.07, 6.45) is 1.42. The van der Waals surface area contributed by atoms with E-state index in [0.717, 1.165) is 32.5 Å². The van der Waals surface area contributed by atoms with Crippen molar-refractivity contribution in [2.24, 2.45) is 0 Å². The molecule has 19 heavy (non-hydrogen) atoms. The molecule has 0 spiro atoms. The van der Waals surface area contributed by atoms with Crippen molar-refractivity contribution in [1.82, 2.24) is 9.80 Å². The van der Waals surface area contributed by atoms with Gasteiger partial charge in [-0.15, -0.1) is 0 Å². The summed E-state index contributed by atoms with van der Waals surface area (Å²) in [7, 11) is 4.15. The smallest absolute Gasteiger partial charge is 0.158 e. The van der Waals surface area contributed by atoms with Crippen LogP contribution in [0.2, 0.25) is 0 Å². The highest BCUT2D eigenvalue weighted by molar-refractivity contribution is 4.86. The average Bonchev–Trinajstić information content (AvgIpc) is 2.66. The Bertz CT molecular complexity index is 233. The van der Waals surface area contributed by atoms with Crippen LogP contribution in [-0.4, -0.2) is 80.3 Å². The molecule has 1 aliphatic rings. The minimum Gasteiger partial charge on any atom is -0.392 e. The van der Waals surface area contributed by atoms with E-state index < -0.39 is 0 Å². The SMILES string of the molecule is CCOC(CCN1CC(O)CC1CN(C)C)OCC. The molecule has 0 aliphatic carbocycles. The Morgan fingerprint density at radius 1 is 1.26 bits per heavy atom. The first-order valence-corrected chi connectivity index (χ1v) is 7.36. The van der Waals surface area contributed by atoms with E-state index in [1.54, 1.807) is 0 Å². The predicted octanol–water partition coefficient (Wildman–Crippen LogP) is 0.772. The van der Waals surface area contributed by atoms with Gasteiger partial charge in [-0.1, -0.05) is 0 Å². The standard InChI is InChI=1S/C14H30N2O3/c1-5-18-14(19-6-2)7-8-16-11-13(17)9-12(16)10-15(3)4/h12-14,17H,5-11H2,1-4H3. The van der Waals surface area contributed by atoms with Crippen molar-refractivity contribution in [3.8, 4) is 0 Å². The second-order valence-corrected chi connectivity index (χ2v) is 5.43. The van der Waals surface area contributed by atoms with E-state index in [1.807, 2.05) is 13.8 Å². The van der Waals surface area contributed by atoms with Crippen LogP contribution in [0.3, 0.4) is 0 Å². The quantitative estimate of drug-likeness (QED) is 0.629. The van der Waals surface area contributed by atoms with Crippen molar-refractivity contribution in [2.45, 2.75) is 45.1 Å². The van der Waals surface area contributed by atoms with Gasteiger partial charge in [0.15, 0.2) is 6.29 Å². The molecule has 0 bridgehead atoms. The topological polar surface area (TPSA) is 45.2 Å². The molecule has 1 rings (SSSR count). The summed E-state index contributed by atoms with van der Waals surface area (Å²) >= 11 is 0. The first-order chi connectivity index (χ1) is 9.06. The first kappa shape index (κ1) is 16.9. The molecule has 0 radical (unpaired) electrons. The van der Waals surface area contributed by atoms with Gasteiger partial charge < -0.3 is 19.5 Å². The largest absolute Gasteiger partial charge is 0.392 e. The number of likely N-dealkylation sites (N-methyl/N-ethyl adjacent to an activating group) is 1. The summed E-state index contributed by atoms with van der Waals surface area (Å²) in [5.41, 5.74) is 0. The Labute approximate surface area is 117 Å². The van der Waals surface area contributed by atoms with E-state index in [-0.39, 0.29) is 12.4 Å². The molecule has 0 aromatic rings. The fraction of sp³-hybridized carbons (Fsp3) is 1.00. The third kappa shape index (κ3) is 6.19. The van der Waals surface area contributed by atoms with Crippen LogP contribution < -0.4 is 0 Å². The average molecular weight is 274 g/mol. The highest BCUT2D eigenvalue weighted by Crippen LogP contribution is 2.19. The Hall–Kier alpha value is -0.200. The lowest BCUT2D eigenvalue weighted by Gasteiger charge is -2.28. The normalized spacial score (nSPS) is 24.8. The third-order valence-corrected chi connectivity index (χ3v) is 3.44. The van der Waals surface area contributed by atoms with Crippen LogP contribution in [0, 0.1) is 0 Å². The number of nitrogens with zero attached hydrogens (tertiary/aromatic N) is 2. The van der Waals surface area contributed by atoms with Crippen molar-refractivity contribution in [1.29, 1.82) is 0 Å². The van der Waals surface area contributed by atoms with Gasteiger partial charge in [0.05, 0.1) is 6.10 Å². The fourth-order valence-corrected chi connectivity index (χ4v) is 2.70. The predicted molar refractivity (Wildman–Crippen MR) is 76.2 cm³/mol. The highest BCUT2D eigenvalue weighted by atomic mass is 16.7. The molecule has 0 amide bonds. The van der Waals surface area contributed by atoms with E-state index >= 15 is 0 Å². The molecular formula is C14H30N2O3. The summed E-state index contributed by atoms with van der Waals surface area (Å²) in [6.45, 7) is 8.00. The van der Waals surface area contributed by atoms with Crippen molar-refractivity contribution >= 4 is 0 Å². The molecule has 1 saturated heterocycles. The summed E-state index contributed by atoms with van der Waals surface area (Å²) < 4.78 is 11.1. The number of aliphatic hydroxyl groups is 1. The van der Waals surface area contributed by atoms with Gasteiger partial charge in [0.2, 0.25) is 0 Å². The van der Waals surface area contributed by atoms with Gasteiger partial charge in [0.1, 0.15) is 0 Å². The minimum absolute atomic E-state index is 0.118. The number of ether oxygens (including phenoxy) is 2. The number of β-amino-alcohol motifs (C(OH)–C–C–N with tert-alkyl or cyclic N) is 1. The fourth-order valence-electron chi connectivity index (χ4n) is 2.70. The summed E-state index contributed by atoms with van der Waals surface area (Å²) in [6, 6.07) is 0.439. The molecule has 0 saturated carbocycles. The lowest BCUT2D eigenvalue weighted by atomic mass is 10.2. The van der Waals surface area contributed by atoms with Gasteiger partial charge in [0, 0.05) is 45.3 Å². The van der Waals surface area contributed by atoms with Crippen LogP contribution in [0.4, 0.5) is 0 Å². The summed E-state index contributed by atoms with van der Waals surface area (Å²) in [5, 5.41) is 9.83. The van der Waals surface area contributed by atoms with E-state index in [0.29, 0.717) is 19.3 Å². The van der Waals surface area contributed by atoms with Crippen LogP contribution in [0.15, 0.2) is 0 Å². The Morgan fingerprint density at radius 2 is 1.89 bits per heavy atom. The Kier molecular flexibility index (Phi) is 7.87. The van der Waals surface area contributed by atoms with E-state index in [2.05, 4.69) is 23.9 Å². The number of aliphatic hydroxyl groups excluding tert-OH is 1. The van der Waals surface area contributed by atoms with Crippen molar-refractivity contribution in [2.75, 3.05) is 46.9 Å². The molecule has 2 unspecified atom stereocenters. The number of rotatable bonds is 9. The molecule has 1 N–H and O–H groups in total. The zero-order chi connectivity index (χ0) is 14.3. The monoisotopic (exact) mass is 274 g/mol. The summed E-state index contributed by atoms with van der Waals surface area (Å²) in [5.74, 6) is 0. The molecule has 1 aliphatic heterocycles. The van der Waals surface area contributed by atoms with Crippen molar-refractivity contribution in [3.05, 3.63) is 0 Å². The second-order valence-electron chi connectivity index (χ2n) is 5.43. The van der Waals surface area contributed by atoms with Gasteiger partial charge in [-0.2, -0.15) is 0 Å². The molecule has 2 atom stereocenters. The molecular weight excluding hydrogens is 244 g/mol.